The summed E-state index contributed by atoms with van der Waals surface area (Å²) in [6.07, 6.45) is -0.160. The molecule has 0 aromatic carbocycles. The molecule has 1 aromatic rings. The zero-order valence-corrected chi connectivity index (χ0v) is 9.67. The highest BCUT2D eigenvalue weighted by molar-refractivity contribution is 7.09. The Morgan fingerprint density at radius 1 is 1.67 bits per heavy atom. The third-order valence-corrected chi connectivity index (χ3v) is 1.92. The molecule has 1 rings (SSSR count). The number of nitrogens with zero attached hydrogens (tertiary/aromatic N) is 3. The molecule has 0 saturated heterocycles. The molecular formula is C7H9ClN4O2S. The van der Waals surface area contributed by atoms with E-state index in [-0.39, 0.29) is 22.8 Å². The molecule has 0 amide bonds. The fraction of sp³-hybridized carbons (Fsp3) is 0.429. The number of carbonyl (C=O) groups excluding carboxylic acids is 1. The van der Waals surface area contributed by atoms with Gasteiger partial charge in [-0.1, -0.05) is 5.16 Å². The van der Waals surface area contributed by atoms with Crippen molar-refractivity contribution in [2.24, 2.45) is 5.16 Å². The number of hydrogen-bond donors (Lipinski definition) is 1. The third-order valence-electron chi connectivity index (χ3n) is 1.19. The summed E-state index contributed by atoms with van der Waals surface area (Å²) >= 11 is 6.26. The first-order valence-corrected chi connectivity index (χ1v) is 5.19. The summed E-state index contributed by atoms with van der Waals surface area (Å²) in [4.78, 5) is 19.7. The summed E-state index contributed by atoms with van der Waals surface area (Å²) in [5.74, 6) is 0.0816. The van der Waals surface area contributed by atoms with E-state index in [9.17, 15) is 4.79 Å². The van der Waals surface area contributed by atoms with Gasteiger partial charge in [0.2, 0.25) is 11.5 Å². The van der Waals surface area contributed by atoms with Gasteiger partial charge in [0.15, 0.2) is 5.13 Å². The average Bonchev–Trinajstić information content (AvgIpc) is 2.51. The van der Waals surface area contributed by atoms with Crippen molar-refractivity contribution in [3.63, 3.8) is 0 Å². The van der Waals surface area contributed by atoms with E-state index >= 15 is 0 Å². The Balaban J connectivity index is 2.93. The van der Waals surface area contributed by atoms with Crippen LogP contribution in [0.25, 0.3) is 0 Å². The van der Waals surface area contributed by atoms with Crippen molar-refractivity contribution < 1.29 is 9.63 Å². The molecule has 6 nitrogen and oxygen atoms in total. The van der Waals surface area contributed by atoms with E-state index in [0.29, 0.717) is 0 Å². The quantitative estimate of drug-likeness (QED) is 0.488. The topological polar surface area (TPSA) is 90.5 Å². The molecular weight excluding hydrogens is 240 g/mol. The van der Waals surface area contributed by atoms with Crippen LogP contribution in [0.1, 0.15) is 19.7 Å². The van der Waals surface area contributed by atoms with Crippen LogP contribution in [0, 0.1) is 0 Å². The largest absolute Gasteiger partial charge is 0.392 e. The maximum atomic E-state index is 11.0. The Morgan fingerprint density at radius 2 is 2.33 bits per heavy atom. The molecule has 15 heavy (non-hydrogen) atoms. The average molecular weight is 249 g/mol. The smallest absolute Gasteiger partial charge is 0.278 e. The molecule has 0 saturated carbocycles. The van der Waals surface area contributed by atoms with Crippen LogP contribution < -0.4 is 5.73 Å². The normalized spacial score (nSPS) is 11.9. The van der Waals surface area contributed by atoms with E-state index in [4.69, 9.17) is 22.2 Å². The molecule has 0 atom stereocenters. The van der Waals surface area contributed by atoms with Crippen LogP contribution in [0.15, 0.2) is 5.16 Å². The van der Waals surface area contributed by atoms with Crippen LogP contribution in [-0.2, 0) is 9.63 Å². The number of halogens is 1. The molecule has 82 valence electrons. The van der Waals surface area contributed by atoms with Crippen LogP contribution in [0.3, 0.4) is 0 Å². The Morgan fingerprint density at radius 3 is 2.73 bits per heavy atom. The van der Waals surface area contributed by atoms with Crippen LogP contribution in [-0.4, -0.2) is 26.4 Å². The van der Waals surface area contributed by atoms with Gasteiger partial charge in [-0.25, -0.2) is 0 Å². The molecule has 2 N–H and O–H groups in total. The minimum absolute atomic E-state index is 0.0816. The number of aromatic nitrogens is 2. The van der Waals surface area contributed by atoms with Gasteiger partial charge < -0.3 is 10.6 Å². The number of oxime groups is 1. The SMILES string of the molecule is CC(C)O/N=C(/C(=O)Cl)c1nsc(N)n1. The lowest BCUT2D eigenvalue weighted by Crippen LogP contribution is -2.13. The van der Waals surface area contributed by atoms with Gasteiger partial charge >= 0.3 is 0 Å². The van der Waals surface area contributed by atoms with Gasteiger partial charge in [0.05, 0.1) is 0 Å². The molecule has 1 heterocycles. The Bertz CT molecular complexity index is 390. The van der Waals surface area contributed by atoms with Crippen molar-refractivity contribution in [3.8, 4) is 0 Å². The van der Waals surface area contributed by atoms with E-state index in [1.54, 1.807) is 13.8 Å². The number of carbonyl (C=O) groups is 1. The summed E-state index contributed by atoms with van der Waals surface area (Å²) in [5, 5.41) is 3.02. The minimum atomic E-state index is -0.784. The Labute approximate surface area is 95.2 Å². The fourth-order valence-electron chi connectivity index (χ4n) is 0.654. The standard InChI is InChI=1S/C7H9ClN4O2S/c1-3(2)14-11-4(5(8)13)6-10-7(9)15-12-6/h3H,1-2H3,(H2,9,10,12)/b11-4-. The number of rotatable bonds is 4. The number of anilines is 1. The minimum Gasteiger partial charge on any atom is -0.392 e. The fourth-order valence-corrected chi connectivity index (χ4v) is 1.21. The first-order valence-electron chi connectivity index (χ1n) is 4.04. The maximum absolute atomic E-state index is 11.0. The molecule has 0 aliphatic heterocycles. The van der Waals surface area contributed by atoms with E-state index in [1.807, 2.05) is 0 Å². The van der Waals surface area contributed by atoms with Crippen LogP contribution in [0.5, 0.6) is 0 Å². The number of nitrogens with two attached hydrogens (primary N) is 1. The maximum Gasteiger partial charge on any atom is 0.278 e. The molecule has 0 spiro atoms. The Hall–Kier alpha value is -1.21. The van der Waals surface area contributed by atoms with E-state index in [1.165, 1.54) is 0 Å². The predicted octanol–water partition coefficient (Wildman–Crippen LogP) is 1.01. The van der Waals surface area contributed by atoms with E-state index in [2.05, 4.69) is 14.5 Å². The summed E-state index contributed by atoms with van der Waals surface area (Å²) in [5.41, 5.74) is 5.23. The van der Waals surface area contributed by atoms with Gasteiger partial charge in [0, 0.05) is 11.5 Å². The highest BCUT2D eigenvalue weighted by atomic mass is 35.5. The monoisotopic (exact) mass is 248 g/mol. The molecule has 0 radical (unpaired) electrons. The van der Waals surface area contributed by atoms with Gasteiger partial charge in [-0.2, -0.15) is 9.36 Å². The summed E-state index contributed by atoms with van der Waals surface area (Å²) in [6.45, 7) is 3.53. The van der Waals surface area contributed by atoms with Crippen molar-refractivity contribution in [2.75, 3.05) is 5.73 Å². The number of hydrogen-bond acceptors (Lipinski definition) is 7. The zero-order valence-electron chi connectivity index (χ0n) is 8.10. The van der Waals surface area contributed by atoms with Gasteiger partial charge in [0.1, 0.15) is 6.10 Å². The second kappa shape index (κ2) is 5.04. The molecule has 0 aliphatic rings. The molecule has 0 aliphatic carbocycles. The van der Waals surface area contributed by atoms with Gasteiger partial charge in [-0.15, -0.1) is 0 Å². The molecule has 1 aromatic heterocycles. The summed E-state index contributed by atoms with van der Waals surface area (Å²) < 4.78 is 3.80. The first-order chi connectivity index (χ1) is 7.00. The van der Waals surface area contributed by atoms with E-state index in [0.717, 1.165) is 11.5 Å². The third kappa shape index (κ3) is 3.45. The van der Waals surface area contributed by atoms with Crippen LogP contribution in [0.4, 0.5) is 5.13 Å². The van der Waals surface area contributed by atoms with Gasteiger partial charge in [-0.3, -0.25) is 4.79 Å². The summed E-state index contributed by atoms with van der Waals surface area (Å²) in [6, 6.07) is 0. The lowest BCUT2D eigenvalue weighted by Gasteiger charge is -2.02. The van der Waals surface area contributed by atoms with Crippen molar-refractivity contribution in [3.05, 3.63) is 5.82 Å². The van der Waals surface area contributed by atoms with Crippen molar-refractivity contribution in [1.29, 1.82) is 0 Å². The van der Waals surface area contributed by atoms with Crippen molar-refractivity contribution >= 4 is 39.2 Å². The second-order valence-corrected chi connectivity index (χ2v) is 3.95. The van der Waals surface area contributed by atoms with E-state index < -0.39 is 5.24 Å². The van der Waals surface area contributed by atoms with Crippen molar-refractivity contribution in [2.45, 2.75) is 20.0 Å². The lowest BCUT2D eigenvalue weighted by molar-refractivity contribution is -0.106. The van der Waals surface area contributed by atoms with Crippen LogP contribution >= 0.6 is 23.1 Å². The highest BCUT2D eigenvalue weighted by Crippen LogP contribution is 2.09. The molecule has 0 fully saturated rings. The summed E-state index contributed by atoms with van der Waals surface area (Å²) in [7, 11) is 0. The first kappa shape index (κ1) is 11.9. The highest BCUT2D eigenvalue weighted by Gasteiger charge is 2.18. The number of nitrogen functional groups attached to an aromatic ring is 1. The zero-order chi connectivity index (χ0) is 11.4. The molecule has 8 heteroatoms. The van der Waals surface area contributed by atoms with Gasteiger partial charge in [0.25, 0.3) is 5.24 Å². The second-order valence-electron chi connectivity index (χ2n) is 2.82. The lowest BCUT2D eigenvalue weighted by atomic mass is 10.4. The van der Waals surface area contributed by atoms with Crippen LogP contribution in [0.2, 0.25) is 0 Å². The predicted molar refractivity (Wildman–Crippen MR) is 57.9 cm³/mol. The Kier molecular flexibility index (Phi) is 3.98. The van der Waals surface area contributed by atoms with Crippen molar-refractivity contribution in [1.82, 2.24) is 9.36 Å². The van der Waals surface area contributed by atoms with Gasteiger partial charge in [-0.05, 0) is 25.4 Å². The molecule has 0 bridgehead atoms. The molecule has 0 unspecified atom stereocenters.